The van der Waals surface area contributed by atoms with Crippen LogP contribution >= 0.6 is 0 Å². The van der Waals surface area contributed by atoms with Gasteiger partial charge in [0, 0.05) is 12.7 Å². The van der Waals surface area contributed by atoms with Gasteiger partial charge in [-0.3, -0.25) is 9.69 Å². The van der Waals surface area contributed by atoms with Crippen LogP contribution < -0.4 is 15.0 Å². The minimum Gasteiger partial charge on any atom is -0.489 e. The van der Waals surface area contributed by atoms with E-state index in [1.54, 1.807) is 4.90 Å². The Morgan fingerprint density at radius 3 is 2.89 bits per heavy atom. The summed E-state index contributed by atoms with van der Waals surface area (Å²) in [5, 5.41) is 3.06. The molecule has 0 bridgehead atoms. The van der Waals surface area contributed by atoms with Crippen molar-refractivity contribution >= 4 is 17.3 Å². The summed E-state index contributed by atoms with van der Waals surface area (Å²) in [5.74, 6) is 0.612. The zero-order valence-corrected chi connectivity index (χ0v) is 11.0. The van der Waals surface area contributed by atoms with Gasteiger partial charge in [0.15, 0.2) is 0 Å². The highest BCUT2D eigenvalue weighted by Crippen LogP contribution is 2.39. The number of carbonyl (C=O) groups is 1. The van der Waals surface area contributed by atoms with E-state index < -0.39 is 0 Å². The summed E-state index contributed by atoms with van der Waals surface area (Å²) in [6.45, 7) is 7.99. The minimum absolute atomic E-state index is 0.113. The normalized spacial score (nSPS) is 16.5. The molecular weight excluding hydrogens is 228 g/mol. The fourth-order valence-corrected chi connectivity index (χ4v) is 2.12. The van der Waals surface area contributed by atoms with Crippen LogP contribution in [0.25, 0.3) is 0 Å². The number of hydrogen-bond acceptors (Lipinski definition) is 3. The number of carbonyl (C=O) groups excluding carboxylic acids is 1. The van der Waals surface area contributed by atoms with Crippen LogP contribution in [0.3, 0.4) is 0 Å². The van der Waals surface area contributed by atoms with Crippen LogP contribution in [0.1, 0.15) is 13.8 Å². The number of nitrogens with zero attached hydrogens (tertiary/aromatic N) is 1. The molecule has 0 atom stereocenters. The van der Waals surface area contributed by atoms with Gasteiger partial charge in [-0.2, -0.15) is 0 Å². The van der Waals surface area contributed by atoms with Crippen LogP contribution in [0, 0.1) is 0 Å². The number of nitrogens with one attached hydrogen (secondary N) is 1. The molecule has 0 saturated carbocycles. The summed E-state index contributed by atoms with van der Waals surface area (Å²) < 4.78 is 5.71. The Balaban J connectivity index is 2.55. The van der Waals surface area contributed by atoms with E-state index in [0.29, 0.717) is 6.61 Å². The molecule has 1 heterocycles. The number of fused-ring (bicyclic) bond motifs is 1. The molecule has 0 saturated heterocycles. The Labute approximate surface area is 107 Å². The van der Waals surface area contributed by atoms with Gasteiger partial charge < -0.3 is 10.1 Å². The quantitative estimate of drug-likeness (QED) is 0.815. The maximum absolute atomic E-state index is 12.1. The van der Waals surface area contributed by atoms with Crippen LogP contribution in [0.15, 0.2) is 30.9 Å². The third-order valence-corrected chi connectivity index (χ3v) is 3.07. The largest absolute Gasteiger partial charge is 0.489 e. The van der Waals surface area contributed by atoms with Gasteiger partial charge in [0.2, 0.25) is 0 Å². The Morgan fingerprint density at radius 1 is 1.56 bits per heavy atom. The van der Waals surface area contributed by atoms with Gasteiger partial charge in [-0.05, 0) is 38.1 Å². The molecule has 1 aliphatic heterocycles. The molecule has 96 valence electrons. The monoisotopic (exact) mass is 246 g/mol. The molecule has 0 fully saturated rings. The highest BCUT2D eigenvalue weighted by molar-refractivity contribution is 6.04. The topological polar surface area (TPSA) is 41.6 Å². The fraction of sp³-hybridized carbons (Fsp3) is 0.357. The standard InChI is InChI=1S/C14H18N2O2/c1-5-13(17)16-11-8-10(15-4)6-7-12(11)18-9-14(16,2)3/h5-8,15H,1,9H2,2-4H3. The summed E-state index contributed by atoms with van der Waals surface area (Å²) in [6.07, 6.45) is 1.34. The van der Waals surface area contributed by atoms with E-state index in [1.807, 2.05) is 39.1 Å². The molecule has 1 N–H and O–H groups in total. The van der Waals surface area contributed by atoms with E-state index in [-0.39, 0.29) is 11.4 Å². The highest BCUT2D eigenvalue weighted by Gasteiger charge is 2.37. The van der Waals surface area contributed by atoms with Crippen LogP contribution in [0.5, 0.6) is 5.75 Å². The van der Waals surface area contributed by atoms with Gasteiger partial charge in [0.25, 0.3) is 5.91 Å². The lowest BCUT2D eigenvalue weighted by atomic mass is 10.00. The maximum Gasteiger partial charge on any atom is 0.251 e. The molecule has 0 radical (unpaired) electrons. The Morgan fingerprint density at radius 2 is 2.28 bits per heavy atom. The molecule has 2 rings (SSSR count). The molecular formula is C14H18N2O2. The minimum atomic E-state index is -0.384. The van der Waals surface area contributed by atoms with Crippen molar-refractivity contribution in [2.24, 2.45) is 0 Å². The molecule has 1 aliphatic rings. The van der Waals surface area contributed by atoms with Crippen molar-refractivity contribution in [2.75, 3.05) is 23.9 Å². The summed E-state index contributed by atoms with van der Waals surface area (Å²) in [6, 6.07) is 5.71. The molecule has 1 aromatic carbocycles. The molecule has 1 aromatic rings. The van der Waals surface area contributed by atoms with E-state index in [4.69, 9.17) is 4.74 Å². The number of rotatable bonds is 2. The predicted octanol–water partition coefficient (Wildman–Crippen LogP) is 2.42. The van der Waals surface area contributed by atoms with Crippen molar-refractivity contribution < 1.29 is 9.53 Å². The van der Waals surface area contributed by atoms with E-state index in [0.717, 1.165) is 17.1 Å². The second-order valence-corrected chi connectivity index (χ2v) is 4.91. The number of hydrogen-bond donors (Lipinski definition) is 1. The average Bonchev–Trinajstić information content (AvgIpc) is 2.36. The Bertz CT molecular complexity index is 495. The molecule has 1 amide bonds. The first kappa shape index (κ1) is 12.5. The summed E-state index contributed by atoms with van der Waals surface area (Å²) in [7, 11) is 1.84. The molecule has 4 heteroatoms. The van der Waals surface area contributed by atoms with Gasteiger partial charge in [0.1, 0.15) is 12.4 Å². The lowest BCUT2D eigenvalue weighted by Crippen LogP contribution is -2.53. The van der Waals surface area contributed by atoms with Crippen LogP contribution in [0.4, 0.5) is 11.4 Å². The third-order valence-electron chi connectivity index (χ3n) is 3.07. The first-order valence-corrected chi connectivity index (χ1v) is 5.91. The lowest BCUT2D eigenvalue weighted by molar-refractivity contribution is -0.115. The summed E-state index contributed by atoms with van der Waals surface area (Å²) in [4.78, 5) is 13.8. The maximum atomic E-state index is 12.1. The van der Waals surface area contributed by atoms with Crippen molar-refractivity contribution in [2.45, 2.75) is 19.4 Å². The Kier molecular flexibility index (Phi) is 3.03. The predicted molar refractivity (Wildman–Crippen MR) is 73.2 cm³/mol. The summed E-state index contributed by atoms with van der Waals surface area (Å²) in [5.41, 5.74) is 1.34. The molecule has 0 aromatic heterocycles. The Hall–Kier alpha value is -1.97. The number of amides is 1. The van der Waals surface area contributed by atoms with E-state index >= 15 is 0 Å². The fourth-order valence-electron chi connectivity index (χ4n) is 2.12. The highest BCUT2D eigenvalue weighted by atomic mass is 16.5. The van der Waals surface area contributed by atoms with Gasteiger partial charge in [-0.15, -0.1) is 0 Å². The number of anilines is 2. The van der Waals surface area contributed by atoms with Gasteiger partial charge in [-0.25, -0.2) is 0 Å². The second-order valence-electron chi connectivity index (χ2n) is 4.91. The van der Waals surface area contributed by atoms with Gasteiger partial charge in [-0.1, -0.05) is 6.58 Å². The van der Waals surface area contributed by atoms with Crippen molar-refractivity contribution in [3.05, 3.63) is 30.9 Å². The molecule has 4 nitrogen and oxygen atoms in total. The zero-order chi connectivity index (χ0) is 13.3. The van der Waals surface area contributed by atoms with Crippen LogP contribution in [-0.4, -0.2) is 25.1 Å². The molecule has 0 spiro atoms. The first-order chi connectivity index (χ1) is 8.49. The first-order valence-electron chi connectivity index (χ1n) is 5.91. The van der Waals surface area contributed by atoms with Gasteiger partial charge >= 0.3 is 0 Å². The van der Waals surface area contributed by atoms with Crippen LogP contribution in [-0.2, 0) is 4.79 Å². The molecule has 18 heavy (non-hydrogen) atoms. The number of benzene rings is 1. The second kappa shape index (κ2) is 4.37. The van der Waals surface area contributed by atoms with Crippen molar-refractivity contribution in [1.82, 2.24) is 0 Å². The third kappa shape index (κ3) is 1.94. The lowest BCUT2D eigenvalue weighted by Gasteiger charge is -2.42. The van der Waals surface area contributed by atoms with Crippen molar-refractivity contribution in [1.29, 1.82) is 0 Å². The summed E-state index contributed by atoms with van der Waals surface area (Å²) >= 11 is 0. The number of ether oxygens (including phenoxy) is 1. The van der Waals surface area contributed by atoms with E-state index in [2.05, 4.69) is 11.9 Å². The van der Waals surface area contributed by atoms with Crippen molar-refractivity contribution in [3.63, 3.8) is 0 Å². The average molecular weight is 246 g/mol. The smallest absolute Gasteiger partial charge is 0.251 e. The zero-order valence-electron chi connectivity index (χ0n) is 11.0. The van der Waals surface area contributed by atoms with E-state index in [9.17, 15) is 4.79 Å². The molecule has 0 unspecified atom stereocenters. The molecule has 0 aliphatic carbocycles. The van der Waals surface area contributed by atoms with Gasteiger partial charge in [0.05, 0.1) is 11.2 Å². The van der Waals surface area contributed by atoms with E-state index in [1.165, 1.54) is 6.08 Å². The SMILES string of the molecule is C=CC(=O)N1c2cc(NC)ccc2OCC1(C)C. The van der Waals surface area contributed by atoms with Crippen LogP contribution in [0.2, 0.25) is 0 Å². The van der Waals surface area contributed by atoms with Crippen molar-refractivity contribution in [3.8, 4) is 5.75 Å².